The van der Waals surface area contributed by atoms with Crippen molar-refractivity contribution in [2.75, 3.05) is 0 Å². The van der Waals surface area contributed by atoms with Crippen LogP contribution in [0.25, 0.3) is 0 Å². The van der Waals surface area contributed by atoms with Crippen molar-refractivity contribution in [3.63, 3.8) is 0 Å². The third kappa shape index (κ3) is 1.51. The monoisotopic (exact) mass is 156 g/mol. The van der Waals surface area contributed by atoms with Crippen LogP contribution >= 0.6 is 11.8 Å². The van der Waals surface area contributed by atoms with Crippen molar-refractivity contribution in [3.05, 3.63) is 33.9 Å². The van der Waals surface area contributed by atoms with Gasteiger partial charge in [-0.25, -0.2) is 4.39 Å². The predicted molar refractivity (Wildman–Crippen MR) is 44.3 cm³/mol. The van der Waals surface area contributed by atoms with Gasteiger partial charge in [0.1, 0.15) is 5.83 Å². The van der Waals surface area contributed by atoms with E-state index >= 15 is 0 Å². The van der Waals surface area contributed by atoms with Gasteiger partial charge in [-0.2, -0.15) is 0 Å². The maximum Gasteiger partial charge on any atom is 0.126 e. The van der Waals surface area contributed by atoms with Crippen LogP contribution in [0.1, 0.15) is 13.8 Å². The molecule has 2 heteroatoms. The van der Waals surface area contributed by atoms with Gasteiger partial charge in [0.05, 0.1) is 0 Å². The quantitative estimate of drug-likeness (QED) is 0.518. The lowest BCUT2D eigenvalue weighted by Gasteiger charge is -1.98. The molecular weight excluding hydrogens is 147 g/mol. The van der Waals surface area contributed by atoms with Gasteiger partial charge in [-0.15, -0.1) is 11.8 Å². The Labute approximate surface area is 64.5 Å². The van der Waals surface area contributed by atoms with Gasteiger partial charge in [0.15, 0.2) is 0 Å². The summed E-state index contributed by atoms with van der Waals surface area (Å²) in [5.74, 6) is -0.126. The summed E-state index contributed by atoms with van der Waals surface area (Å²) < 4.78 is 12.8. The molecular formula is C8H9FS. The number of allylic oxidation sites excluding steroid dienone is 5. The van der Waals surface area contributed by atoms with E-state index in [4.69, 9.17) is 0 Å². The van der Waals surface area contributed by atoms with Gasteiger partial charge in [0.25, 0.3) is 0 Å². The molecule has 0 saturated heterocycles. The lowest BCUT2D eigenvalue weighted by Crippen LogP contribution is -1.77. The highest BCUT2D eigenvalue weighted by Gasteiger charge is 2.03. The molecule has 0 radical (unpaired) electrons. The van der Waals surface area contributed by atoms with E-state index in [9.17, 15) is 4.39 Å². The Bertz CT molecular complexity index is 218. The van der Waals surface area contributed by atoms with Crippen LogP contribution in [0.4, 0.5) is 4.39 Å². The van der Waals surface area contributed by atoms with Gasteiger partial charge in [-0.1, -0.05) is 6.08 Å². The number of hydrogen-bond acceptors (Lipinski definition) is 1. The molecule has 1 aliphatic rings. The molecule has 0 aliphatic carbocycles. The van der Waals surface area contributed by atoms with Crippen LogP contribution in [0.15, 0.2) is 33.9 Å². The van der Waals surface area contributed by atoms with Gasteiger partial charge in [0.2, 0.25) is 0 Å². The minimum atomic E-state index is -0.126. The van der Waals surface area contributed by atoms with Crippen molar-refractivity contribution in [2.24, 2.45) is 0 Å². The molecule has 0 saturated carbocycles. The number of hydrogen-bond donors (Lipinski definition) is 0. The Morgan fingerprint density at radius 3 is 2.80 bits per heavy atom. The first kappa shape index (κ1) is 7.61. The predicted octanol–water partition coefficient (Wildman–Crippen LogP) is 3.39. The summed E-state index contributed by atoms with van der Waals surface area (Å²) >= 11 is 1.56. The van der Waals surface area contributed by atoms with E-state index < -0.39 is 0 Å². The highest BCUT2D eigenvalue weighted by atomic mass is 32.2. The summed E-state index contributed by atoms with van der Waals surface area (Å²) in [6, 6.07) is 0. The number of thioether (sulfide) groups is 1. The Balaban J connectivity index is 3.00. The molecule has 0 spiro atoms. The molecule has 0 aromatic rings. The molecule has 0 N–H and O–H groups in total. The second-order valence-electron chi connectivity index (χ2n) is 2.14. The van der Waals surface area contributed by atoms with Gasteiger partial charge in [0, 0.05) is 0 Å². The van der Waals surface area contributed by atoms with Crippen molar-refractivity contribution in [2.45, 2.75) is 13.8 Å². The van der Waals surface area contributed by atoms with Crippen molar-refractivity contribution in [1.82, 2.24) is 0 Å². The van der Waals surface area contributed by atoms with Crippen LogP contribution < -0.4 is 0 Å². The highest BCUT2D eigenvalue weighted by Crippen LogP contribution is 2.27. The van der Waals surface area contributed by atoms with Gasteiger partial charge >= 0.3 is 0 Å². The standard InChI is InChI=1S/C8H9FS/c1-6-7(2)10-5-3-4-8(6)9/h3-5H,1-2H3. The van der Waals surface area contributed by atoms with Crippen molar-refractivity contribution in [3.8, 4) is 0 Å². The summed E-state index contributed by atoms with van der Waals surface area (Å²) in [4.78, 5) is 1.03. The molecule has 0 nitrogen and oxygen atoms in total. The van der Waals surface area contributed by atoms with E-state index in [1.807, 2.05) is 12.3 Å². The largest absolute Gasteiger partial charge is 0.207 e. The van der Waals surface area contributed by atoms with E-state index in [1.165, 1.54) is 6.08 Å². The van der Waals surface area contributed by atoms with Crippen molar-refractivity contribution >= 4 is 11.8 Å². The Morgan fingerprint density at radius 2 is 2.10 bits per heavy atom. The van der Waals surface area contributed by atoms with E-state index in [2.05, 4.69) is 0 Å². The SMILES string of the molecule is CC1=C(C)C(F)=CC=CS1. The fourth-order valence-corrected chi connectivity index (χ4v) is 1.28. The first-order valence-corrected chi connectivity index (χ1v) is 3.96. The fraction of sp³-hybridized carbons (Fsp3) is 0.250. The molecule has 0 aromatic heterocycles. The number of rotatable bonds is 0. The second-order valence-corrected chi connectivity index (χ2v) is 3.26. The van der Waals surface area contributed by atoms with Crippen LogP contribution in [-0.4, -0.2) is 0 Å². The van der Waals surface area contributed by atoms with Crippen LogP contribution in [0.2, 0.25) is 0 Å². The summed E-state index contributed by atoms with van der Waals surface area (Å²) in [5.41, 5.74) is 0.745. The molecule has 0 unspecified atom stereocenters. The molecule has 0 fully saturated rings. The normalized spacial score (nSPS) is 18.9. The minimum Gasteiger partial charge on any atom is -0.207 e. The average molecular weight is 156 g/mol. The van der Waals surface area contributed by atoms with Crippen LogP contribution in [0.3, 0.4) is 0 Å². The lowest BCUT2D eigenvalue weighted by atomic mass is 10.2. The van der Waals surface area contributed by atoms with Crippen molar-refractivity contribution in [1.29, 1.82) is 0 Å². The molecule has 0 amide bonds. The van der Waals surface area contributed by atoms with E-state index in [1.54, 1.807) is 24.8 Å². The first-order chi connectivity index (χ1) is 4.72. The maximum absolute atomic E-state index is 12.8. The Hall–Kier alpha value is -0.500. The van der Waals surface area contributed by atoms with Crippen LogP contribution in [0, 0.1) is 0 Å². The summed E-state index contributed by atoms with van der Waals surface area (Å²) in [5, 5.41) is 1.88. The smallest absolute Gasteiger partial charge is 0.126 e. The zero-order valence-electron chi connectivity index (χ0n) is 6.02. The van der Waals surface area contributed by atoms with Gasteiger partial charge in [-0.3, -0.25) is 0 Å². The minimum absolute atomic E-state index is 0.126. The molecule has 0 aromatic carbocycles. The third-order valence-corrected chi connectivity index (χ3v) is 2.41. The molecule has 1 aliphatic heterocycles. The third-order valence-electron chi connectivity index (χ3n) is 1.45. The Kier molecular flexibility index (Phi) is 2.33. The topological polar surface area (TPSA) is 0 Å². The summed E-state index contributed by atoms with van der Waals surface area (Å²) in [6.45, 7) is 3.71. The zero-order valence-corrected chi connectivity index (χ0v) is 6.83. The molecule has 54 valence electrons. The van der Waals surface area contributed by atoms with Gasteiger partial charge in [-0.05, 0) is 35.8 Å². The van der Waals surface area contributed by atoms with Crippen molar-refractivity contribution < 1.29 is 4.39 Å². The van der Waals surface area contributed by atoms with E-state index in [-0.39, 0.29) is 5.83 Å². The molecule has 1 heterocycles. The van der Waals surface area contributed by atoms with Crippen LogP contribution in [-0.2, 0) is 0 Å². The Morgan fingerprint density at radius 1 is 1.40 bits per heavy atom. The lowest BCUT2D eigenvalue weighted by molar-refractivity contribution is 0.651. The van der Waals surface area contributed by atoms with Gasteiger partial charge < -0.3 is 0 Å². The second kappa shape index (κ2) is 3.06. The molecule has 0 atom stereocenters. The van der Waals surface area contributed by atoms with E-state index in [0.717, 1.165) is 10.5 Å². The van der Waals surface area contributed by atoms with E-state index in [0.29, 0.717) is 0 Å². The number of halogens is 1. The van der Waals surface area contributed by atoms with Crippen LogP contribution in [0.5, 0.6) is 0 Å². The summed E-state index contributed by atoms with van der Waals surface area (Å²) in [6.07, 6.45) is 3.21. The maximum atomic E-state index is 12.8. The first-order valence-electron chi connectivity index (χ1n) is 3.08. The zero-order chi connectivity index (χ0) is 7.56. The summed E-state index contributed by atoms with van der Waals surface area (Å²) in [7, 11) is 0. The highest BCUT2D eigenvalue weighted by molar-refractivity contribution is 8.05. The molecule has 0 bridgehead atoms. The molecule has 10 heavy (non-hydrogen) atoms. The average Bonchev–Trinajstić information content (AvgIpc) is 2.04. The molecule has 1 rings (SSSR count). The fourth-order valence-electron chi connectivity index (χ4n) is 0.647.